The lowest BCUT2D eigenvalue weighted by Gasteiger charge is -2.14. The first-order valence-electron chi connectivity index (χ1n) is 9.20. The fraction of sp³-hybridized carbons (Fsp3) is 0.143. The fourth-order valence-corrected chi connectivity index (χ4v) is 5.19. The molecule has 0 atom stereocenters. The maximum atomic E-state index is 13.0. The van der Waals surface area contributed by atoms with E-state index in [4.69, 9.17) is 14.2 Å². The smallest absolute Gasteiger partial charge is 0.265 e. The molecule has 2 N–H and O–H groups in total. The lowest BCUT2D eigenvalue weighted by atomic mass is 10.3. The van der Waals surface area contributed by atoms with Crippen LogP contribution in [0.1, 0.15) is 0 Å². The Labute approximate surface area is 187 Å². The molecule has 32 heavy (non-hydrogen) atoms. The molecule has 0 amide bonds. The molecule has 0 saturated carbocycles. The molecular formula is C21H22N2O7S2. The molecule has 11 heteroatoms. The van der Waals surface area contributed by atoms with Gasteiger partial charge >= 0.3 is 0 Å². The number of ether oxygens (including phenoxy) is 3. The Morgan fingerprint density at radius 2 is 1.06 bits per heavy atom. The van der Waals surface area contributed by atoms with Gasteiger partial charge in [0.2, 0.25) is 0 Å². The fourth-order valence-electron chi connectivity index (χ4n) is 2.78. The van der Waals surface area contributed by atoms with E-state index >= 15 is 0 Å². The van der Waals surface area contributed by atoms with Crippen LogP contribution in [0.2, 0.25) is 0 Å². The van der Waals surface area contributed by atoms with E-state index in [2.05, 4.69) is 9.44 Å². The molecule has 0 spiro atoms. The molecule has 0 radical (unpaired) electrons. The second-order valence-electron chi connectivity index (χ2n) is 6.48. The van der Waals surface area contributed by atoms with E-state index in [1.807, 2.05) is 0 Å². The Morgan fingerprint density at radius 1 is 0.594 bits per heavy atom. The van der Waals surface area contributed by atoms with E-state index in [0.717, 1.165) is 6.07 Å². The number of hydrogen-bond donors (Lipinski definition) is 2. The topological polar surface area (TPSA) is 120 Å². The van der Waals surface area contributed by atoms with Crippen LogP contribution in [0, 0.1) is 0 Å². The van der Waals surface area contributed by atoms with Crippen LogP contribution in [-0.4, -0.2) is 38.2 Å². The summed E-state index contributed by atoms with van der Waals surface area (Å²) in [6, 6.07) is 16.1. The number of hydrogen-bond acceptors (Lipinski definition) is 7. The lowest BCUT2D eigenvalue weighted by molar-refractivity contribution is 0.402. The zero-order chi connectivity index (χ0) is 23.4. The number of methoxy groups -OCH3 is 3. The maximum Gasteiger partial charge on any atom is 0.265 e. The van der Waals surface area contributed by atoms with E-state index in [0.29, 0.717) is 17.2 Å². The minimum Gasteiger partial charge on any atom is -0.497 e. The molecule has 0 fully saturated rings. The Hall–Kier alpha value is -3.44. The van der Waals surface area contributed by atoms with E-state index in [1.54, 1.807) is 24.3 Å². The molecule has 0 unspecified atom stereocenters. The van der Waals surface area contributed by atoms with Gasteiger partial charge in [0.1, 0.15) is 22.1 Å². The van der Waals surface area contributed by atoms with Crippen molar-refractivity contribution in [2.24, 2.45) is 0 Å². The van der Waals surface area contributed by atoms with Crippen LogP contribution < -0.4 is 23.7 Å². The van der Waals surface area contributed by atoms with Crippen molar-refractivity contribution in [3.63, 3.8) is 0 Å². The van der Waals surface area contributed by atoms with Gasteiger partial charge in [-0.15, -0.1) is 0 Å². The number of sulfonamides is 2. The standard InChI is InChI=1S/C21H22N2O7S2/c1-28-17-8-4-15(5-9-17)22-31(24,25)19-12-13-20(30-3)21(14-19)32(26,27)23-16-6-10-18(29-2)11-7-16/h4-14,22-23H,1-3H3. The van der Waals surface area contributed by atoms with Gasteiger partial charge in [-0.2, -0.15) is 0 Å². The van der Waals surface area contributed by atoms with Crippen molar-refractivity contribution >= 4 is 31.4 Å². The van der Waals surface area contributed by atoms with Gasteiger partial charge in [0.15, 0.2) is 0 Å². The largest absolute Gasteiger partial charge is 0.497 e. The summed E-state index contributed by atoms with van der Waals surface area (Å²) in [6.45, 7) is 0. The zero-order valence-electron chi connectivity index (χ0n) is 17.5. The van der Waals surface area contributed by atoms with Crippen LogP contribution in [0.5, 0.6) is 17.2 Å². The second-order valence-corrected chi connectivity index (χ2v) is 9.81. The van der Waals surface area contributed by atoms with Crippen LogP contribution in [0.3, 0.4) is 0 Å². The van der Waals surface area contributed by atoms with Crippen molar-refractivity contribution in [2.45, 2.75) is 9.79 Å². The molecular weight excluding hydrogens is 456 g/mol. The zero-order valence-corrected chi connectivity index (χ0v) is 19.2. The van der Waals surface area contributed by atoms with Crippen molar-refractivity contribution in [1.82, 2.24) is 0 Å². The first-order chi connectivity index (χ1) is 15.2. The first-order valence-corrected chi connectivity index (χ1v) is 12.2. The molecule has 0 aromatic heterocycles. The van der Waals surface area contributed by atoms with Crippen molar-refractivity contribution in [1.29, 1.82) is 0 Å². The summed E-state index contributed by atoms with van der Waals surface area (Å²) in [5.41, 5.74) is 0.569. The molecule has 0 bridgehead atoms. The first kappa shape index (κ1) is 23.2. The van der Waals surface area contributed by atoms with Crippen LogP contribution in [0.4, 0.5) is 11.4 Å². The average Bonchev–Trinajstić information content (AvgIpc) is 2.79. The van der Waals surface area contributed by atoms with Gasteiger partial charge in [0.05, 0.1) is 26.2 Å². The SMILES string of the molecule is COc1ccc(NS(=O)(=O)c2ccc(OC)c(S(=O)(=O)Nc3ccc(OC)cc3)c2)cc1. The van der Waals surface area contributed by atoms with Gasteiger partial charge in [0.25, 0.3) is 20.0 Å². The summed E-state index contributed by atoms with van der Waals surface area (Å²) in [7, 11) is -3.95. The Bertz CT molecular complexity index is 1290. The molecule has 170 valence electrons. The summed E-state index contributed by atoms with van der Waals surface area (Å²) in [5.74, 6) is 1.12. The average molecular weight is 479 g/mol. The molecule has 9 nitrogen and oxygen atoms in total. The third-order valence-electron chi connectivity index (χ3n) is 4.42. The van der Waals surface area contributed by atoms with Gasteiger partial charge in [-0.3, -0.25) is 9.44 Å². The summed E-state index contributed by atoms with van der Waals surface area (Å²) in [5, 5.41) is 0. The number of nitrogens with one attached hydrogen (secondary N) is 2. The second kappa shape index (κ2) is 9.37. The third-order valence-corrected chi connectivity index (χ3v) is 7.20. The number of benzene rings is 3. The Balaban J connectivity index is 1.94. The minimum absolute atomic E-state index is 0.00518. The molecule has 0 aliphatic carbocycles. The molecule has 0 aliphatic heterocycles. The van der Waals surface area contributed by atoms with Crippen LogP contribution in [-0.2, 0) is 20.0 Å². The lowest BCUT2D eigenvalue weighted by Crippen LogP contribution is -2.17. The van der Waals surface area contributed by atoms with Gasteiger partial charge in [-0.05, 0) is 66.7 Å². The highest BCUT2D eigenvalue weighted by atomic mass is 32.2. The van der Waals surface area contributed by atoms with Gasteiger partial charge in [-0.1, -0.05) is 0 Å². The molecule has 0 saturated heterocycles. The molecule has 3 rings (SSSR count). The molecule has 0 aliphatic rings. The van der Waals surface area contributed by atoms with E-state index in [9.17, 15) is 16.8 Å². The predicted octanol–water partition coefficient (Wildman–Crippen LogP) is 3.31. The highest BCUT2D eigenvalue weighted by Gasteiger charge is 2.24. The van der Waals surface area contributed by atoms with Crippen LogP contribution >= 0.6 is 0 Å². The summed E-state index contributed by atoms with van der Waals surface area (Å²) < 4.78 is 71.8. The normalized spacial score (nSPS) is 11.5. The Kier molecular flexibility index (Phi) is 6.80. The number of rotatable bonds is 9. The van der Waals surface area contributed by atoms with Crippen molar-refractivity contribution < 1.29 is 31.0 Å². The maximum absolute atomic E-state index is 13.0. The minimum atomic E-state index is -4.16. The molecule has 0 heterocycles. The number of anilines is 2. The van der Waals surface area contributed by atoms with Crippen LogP contribution in [0.25, 0.3) is 0 Å². The monoisotopic (exact) mass is 478 g/mol. The van der Waals surface area contributed by atoms with E-state index in [1.165, 1.54) is 57.7 Å². The quantitative estimate of drug-likeness (QED) is 0.484. The highest BCUT2D eigenvalue weighted by Crippen LogP contribution is 2.30. The van der Waals surface area contributed by atoms with Gasteiger partial charge in [-0.25, -0.2) is 16.8 Å². The van der Waals surface area contributed by atoms with Crippen LogP contribution in [0.15, 0.2) is 76.5 Å². The predicted molar refractivity (Wildman–Crippen MR) is 121 cm³/mol. The summed E-state index contributed by atoms with van der Waals surface area (Å²) in [6.07, 6.45) is 0. The summed E-state index contributed by atoms with van der Waals surface area (Å²) in [4.78, 5) is -0.572. The molecule has 3 aromatic carbocycles. The highest BCUT2D eigenvalue weighted by molar-refractivity contribution is 7.93. The summed E-state index contributed by atoms with van der Waals surface area (Å²) >= 11 is 0. The van der Waals surface area contributed by atoms with Gasteiger partial charge in [0, 0.05) is 11.4 Å². The van der Waals surface area contributed by atoms with Crippen molar-refractivity contribution in [3.05, 3.63) is 66.7 Å². The Morgan fingerprint density at radius 3 is 1.50 bits per heavy atom. The van der Waals surface area contributed by atoms with E-state index < -0.39 is 20.0 Å². The molecule has 3 aromatic rings. The van der Waals surface area contributed by atoms with Gasteiger partial charge < -0.3 is 14.2 Å². The third kappa shape index (κ3) is 5.24. The van der Waals surface area contributed by atoms with Crippen molar-refractivity contribution in [3.8, 4) is 17.2 Å². The van der Waals surface area contributed by atoms with Crippen molar-refractivity contribution in [2.75, 3.05) is 30.8 Å². The van der Waals surface area contributed by atoms with E-state index in [-0.39, 0.29) is 21.2 Å².